The predicted molar refractivity (Wildman–Crippen MR) is 349 cm³/mol. The maximum absolute atomic E-state index is 11.3. The van der Waals surface area contributed by atoms with Gasteiger partial charge in [-0.05, 0) is 277 Å². The Morgan fingerprint density at radius 1 is 0.416 bits per heavy atom. The molecule has 0 atom stereocenters. The van der Waals surface area contributed by atoms with E-state index in [-0.39, 0.29) is 97.1 Å². The first-order valence-electron chi connectivity index (χ1n) is 32.6. The molecule has 0 spiro atoms. The number of nitrogens with one attached hydrogen (secondary N) is 1. The van der Waals surface area contributed by atoms with Gasteiger partial charge >= 0.3 is 5.97 Å². The van der Waals surface area contributed by atoms with Crippen molar-refractivity contribution in [2.75, 3.05) is 0 Å². The number of piperidine rings is 7. The summed E-state index contributed by atoms with van der Waals surface area (Å²) >= 11 is 0. The van der Waals surface area contributed by atoms with Crippen molar-refractivity contribution in [2.45, 2.75) is 393 Å². The second-order valence-corrected chi connectivity index (χ2v) is 36.1. The Morgan fingerprint density at radius 3 is 0.933 bits per heavy atom. The second kappa shape index (κ2) is 29.7. The zero-order chi connectivity index (χ0) is 70.7. The first-order chi connectivity index (χ1) is 39.2. The van der Waals surface area contributed by atoms with E-state index >= 15 is 0 Å². The van der Waals surface area contributed by atoms with Gasteiger partial charge in [-0.3, -0.25) is 14.4 Å². The Labute approximate surface area is 539 Å². The third-order valence-corrected chi connectivity index (χ3v) is 19.3. The second-order valence-electron chi connectivity index (χ2n) is 36.1. The van der Waals surface area contributed by atoms with Crippen molar-refractivity contribution in [3.63, 3.8) is 0 Å². The van der Waals surface area contributed by atoms with E-state index in [1.54, 1.807) is 0 Å². The summed E-state index contributed by atoms with van der Waals surface area (Å²) in [6, 6.07) is 0.356. The molecule has 12 N–H and O–H groups in total. The number of amides is 1. The molecule has 7 aliphatic rings. The van der Waals surface area contributed by atoms with Crippen LogP contribution in [-0.2, 0) is 19.2 Å². The molecule has 7 saturated heterocycles. The molecule has 7 rings (SSSR count). The molecule has 0 unspecified atom stereocenters. The van der Waals surface area contributed by atoms with Gasteiger partial charge in [0.1, 0.15) is 12.1 Å². The van der Waals surface area contributed by atoms with Gasteiger partial charge in [0.2, 0.25) is 5.91 Å². The first kappa shape index (κ1) is 84.7. The molecule has 0 radical (unpaired) electrons. The average molecular weight is 1270 g/mol. The fourth-order valence-electron chi connectivity index (χ4n) is 16.1. The first-order valence-corrected chi connectivity index (χ1v) is 32.6. The quantitative estimate of drug-likeness (QED) is 0.117. The average Bonchev–Trinajstić information content (AvgIpc) is 2.92. The van der Waals surface area contributed by atoms with Crippen molar-refractivity contribution in [1.29, 1.82) is 0 Å². The monoisotopic (exact) mass is 1270 g/mol. The smallest absolute Gasteiger partial charge is 0.306 e. The number of carboxylic acids is 1. The number of rotatable bonds is 3. The topological polar surface area (TPSA) is 311 Å². The number of Topliss-reactive ketones (excluding diaryl/α,β-unsaturated/α-hetero) is 1. The lowest BCUT2D eigenvalue weighted by Crippen LogP contribution is -2.62. The Morgan fingerprint density at radius 2 is 0.663 bits per heavy atom. The van der Waals surface area contributed by atoms with Crippen LogP contribution in [0.4, 0.5) is 0 Å². The van der Waals surface area contributed by atoms with Crippen molar-refractivity contribution in [1.82, 2.24) is 40.8 Å². The summed E-state index contributed by atoms with van der Waals surface area (Å²) in [5.74, 6) is -0.815. The van der Waals surface area contributed by atoms with Gasteiger partial charge in [-0.15, -0.1) is 0 Å². The lowest BCUT2D eigenvalue weighted by molar-refractivity contribution is -0.257. The van der Waals surface area contributed by atoms with Crippen molar-refractivity contribution in [2.24, 2.45) is 17.6 Å². The molecule has 0 saturated carbocycles. The minimum atomic E-state index is -0.765. The number of aldehydes is 1. The summed E-state index contributed by atoms with van der Waals surface area (Å²) in [5, 5.41) is 100. The normalized spacial score (nSPS) is 28.8. The molecule has 22 heteroatoms. The number of aliphatic hydroxyl groups excluding tert-OH is 1. The Bertz CT molecular complexity index is 2150. The number of aliphatic hydroxyl groups is 1. The highest BCUT2D eigenvalue weighted by Crippen LogP contribution is 2.43. The minimum Gasteiger partial charge on any atom is -0.481 e. The summed E-state index contributed by atoms with van der Waals surface area (Å²) in [7, 11) is 0. The van der Waals surface area contributed by atoms with E-state index < -0.39 is 28.1 Å². The number of hydrogen-bond donors (Lipinski definition) is 11. The van der Waals surface area contributed by atoms with Crippen molar-refractivity contribution >= 4 is 23.9 Å². The van der Waals surface area contributed by atoms with Crippen LogP contribution in [0.3, 0.4) is 0 Å². The molecule has 0 aliphatic carbocycles. The fourth-order valence-corrected chi connectivity index (χ4v) is 16.1. The van der Waals surface area contributed by atoms with Crippen LogP contribution in [0.25, 0.3) is 0 Å². The lowest BCUT2D eigenvalue weighted by atomic mass is 9.75. The van der Waals surface area contributed by atoms with E-state index in [1.165, 1.54) is 48.8 Å². The van der Waals surface area contributed by atoms with Gasteiger partial charge in [0, 0.05) is 115 Å². The molecule has 0 aromatic heterocycles. The van der Waals surface area contributed by atoms with Crippen LogP contribution in [0.15, 0.2) is 0 Å². The molecule has 7 heterocycles. The van der Waals surface area contributed by atoms with E-state index in [2.05, 4.69) is 33.0 Å². The zero-order valence-corrected chi connectivity index (χ0v) is 61.4. The van der Waals surface area contributed by atoms with Gasteiger partial charge < -0.3 is 62.5 Å². The van der Waals surface area contributed by atoms with Gasteiger partial charge in [0.15, 0.2) is 0 Å². The third-order valence-electron chi connectivity index (χ3n) is 19.3. The van der Waals surface area contributed by atoms with Gasteiger partial charge in [-0.1, -0.05) is 0 Å². The fraction of sp³-hybridized carbons (Fsp3) is 0.940. The van der Waals surface area contributed by atoms with Crippen LogP contribution in [0.5, 0.6) is 0 Å². The molecule has 0 aromatic rings. The summed E-state index contributed by atoms with van der Waals surface area (Å²) in [6.45, 7) is 56.5. The molecular formula is C67H135N9O13. The molecule has 7 fully saturated rings. The number of hydroxylamine groups is 14. The number of carbonyl (C=O) groups excluding carboxylic acids is 3. The zero-order valence-electron chi connectivity index (χ0n) is 61.4. The predicted octanol–water partition coefficient (Wildman–Crippen LogP) is 11.9. The molecule has 526 valence electrons. The van der Waals surface area contributed by atoms with Crippen LogP contribution in [0, 0.1) is 11.8 Å². The molecule has 1 amide bonds. The number of nitrogens with two attached hydrogens (primary N) is 1. The van der Waals surface area contributed by atoms with Crippen LogP contribution in [0.2, 0.25) is 0 Å². The third kappa shape index (κ3) is 23.5. The van der Waals surface area contributed by atoms with E-state index in [4.69, 9.17) is 10.8 Å². The summed E-state index contributed by atoms with van der Waals surface area (Å²) < 4.78 is 0. The maximum Gasteiger partial charge on any atom is 0.306 e. The number of carboxylic acid groups (broad SMARTS) is 1. The number of carbonyl (C=O) groups is 4. The Balaban J connectivity index is 0.000000520. The molecule has 7 aliphatic heterocycles. The van der Waals surface area contributed by atoms with Gasteiger partial charge in [0.25, 0.3) is 0 Å². The van der Waals surface area contributed by atoms with Crippen molar-refractivity contribution < 1.29 is 65.8 Å². The maximum atomic E-state index is 11.3. The largest absolute Gasteiger partial charge is 0.481 e. The van der Waals surface area contributed by atoms with Crippen LogP contribution in [0.1, 0.15) is 297 Å². The molecule has 0 bridgehead atoms. The minimum absolute atomic E-state index is 0.00186. The van der Waals surface area contributed by atoms with Gasteiger partial charge in [-0.25, -0.2) is 0 Å². The standard InChI is InChI=1S/C11H22N2O2.C10H19NO3.C10H19NO2.C9H20N2O.C9H19NO2.C9H17NO2.C9H19NO/c1-8(14)12-9-6-10(2,3)13(15)11(4,5)7-9;1-9(2)5-7(8(12)13)6-10(3,4)11(9)14;1-9(2)5-8(7-12)6-10(3,4)11(9)13;1-8(2)5-7(10)6-9(3,4)11(8)12;2*1-8(2)5-7(11)6-9(3,4)10(8)12;1-8(2)6-5-7-9(3,4)10(8)11/h9,15H,6-7H2,1-5H3,(H,12,14);7,14H,5-6H2,1-4H3,(H,12,13);7-8,13H,5-6H2,1-4H3;7,12H,5-6,10H2,1-4H3;7,11-12H,5-6H2,1-4H3;12H,5-6H2,1-4H3;11H,5-7H2,1-4H3. The number of aliphatic carboxylic acids is 1. The van der Waals surface area contributed by atoms with E-state index in [0.29, 0.717) is 38.5 Å². The molecule has 22 nitrogen and oxygen atoms in total. The van der Waals surface area contributed by atoms with E-state index in [1.807, 2.05) is 166 Å². The van der Waals surface area contributed by atoms with Gasteiger partial charge in [-0.2, -0.15) is 35.4 Å². The van der Waals surface area contributed by atoms with Crippen LogP contribution >= 0.6 is 0 Å². The number of ketones is 1. The summed E-state index contributed by atoms with van der Waals surface area (Å²) in [4.78, 5) is 44.0. The number of hydrogen-bond acceptors (Lipinski definition) is 20. The van der Waals surface area contributed by atoms with E-state index in [0.717, 1.165) is 57.7 Å². The van der Waals surface area contributed by atoms with Crippen LogP contribution < -0.4 is 11.1 Å². The SMILES string of the molecule is CC(=O)NC1CC(C)(C)N(O)C(C)(C)C1.CC1(C)CC(=O)CC(C)(C)N1O.CC1(C)CC(C(=O)O)CC(C)(C)N1O.CC1(C)CC(C=O)CC(C)(C)N1O.CC1(C)CC(N)CC(C)(C)N1O.CC1(C)CC(O)CC(C)(C)N1O.CC1(C)CCCC(C)(C)N1O. The van der Waals surface area contributed by atoms with E-state index in [9.17, 15) is 60.7 Å². The highest BCUT2D eigenvalue weighted by atomic mass is 16.5. The molecular weight excluding hydrogens is 1140 g/mol. The summed E-state index contributed by atoms with van der Waals surface area (Å²) in [6.07, 6.45) is 11.9. The Hall–Kier alpha value is -2.36. The highest BCUT2D eigenvalue weighted by molar-refractivity contribution is 5.81. The molecule has 0 aromatic carbocycles. The molecule has 89 heavy (non-hydrogen) atoms. The highest BCUT2D eigenvalue weighted by Gasteiger charge is 2.50. The van der Waals surface area contributed by atoms with Gasteiger partial charge in [0.05, 0.1) is 12.0 Å². The van der Waals surface area contributed by atoms with Crippen LogP contribution in [-0.4, -0.2) is 202 Å². The number of nitrogens with zero attached hydrogens (tertiary/aromatic N) is 7. The summed E-state index contributed by atoms with van der Waals surface area (Å²) in [5.41, 5.74) is 1.85. The Kier molecular flexibility index (Phi) is 28.3. The van der Waals surface area contributed by atoms with Crippen molar-refractivity contribution in [3.8, 4) is 0 Å². The lowest BCUT2D eigenvalue weighted by Gasteiger charge is -2.51. The van der Waals surface area contributed by atoms with Crippen molar-refractivity contribution in [3.05, 3.63) is 0 Å².